The van der Waals surface area contributed by atoms with Gasteiger partial charge in [-0.25, -0.2) is 0 Å². The maximum atomic E-state index is 10.3. The van der Waals surface area contributed by atoms with Crippen molar-refractivity contribution in [1.82, 2.24) is 0 Å². The maximum absolute atomic E-state index is 10.3. The maximum Gasteiger partial charge on any atom is 0.308 e. The van der Waals surface area contributed by atoms with Crippen molar-refractivity contribution in [3.05, 3.63) is 0 Å². The number of esters is 1. The lowest BCUT2D eigenvalue weighted by Gasteiger charge is -1.97. The molecule has 0 amide bonds. The predicted octanol–water partition coefficient (Wildman–Crippen LogP) is 2.87. The first-order chi connectivity index (χ1) is 5.45. The van der Waals surface area contributed by atoms with E-state index in [-0.39, 0.29) is 11.9 Å². The molecule has 0 bridgehead atoms. The van der Waals surface area contributed by atoms with Crippen LogP contribution < -0.4 is 0 Å². The molecular formula is C10H22O2. The minimum absolute atomic E-state index is 0.00463. The van der Waals surface area contributed by atoms with Gasteiger partial charge in [0.15, 0.2) is 0 Å². The average Bonchev–Trinajstić information content (AvgIpc) is 2.04. The lowest BCUT2D eigenvalue weighted by atomic mass is 10.2. The summed E-state index contributed by atoms with van der Waals surface area (Å²) in [6.45, 7) is 10.2. The Labute approximate surface area is 76.3 Å². The van der Waals surface area contributed by atoms with E-state index in [1.807, 2.05) is 0 Å². The SMILES string of the molecule is CCC(C)C.COC(=O)C(C)C. The van der Waals surface area contributed by atoms with Crippen LogP contribution in [0.1, 0.15) is 41.0 Å². The summed E-state index contributed by atoms with van der Waals surface area (Å²) in [4.78, 5) is 10.3. The van der Waals surface area contributed by atoms with Crippen LogP contribution in [0.5, 0.6) is 0 Å². The smallest absolute Gasteiger partial charge is 0.308 e. The molecule has 0 saturated heterocycles. The fraction of sp³-hybridized carbons (Fsp3) is 0.900. The van der Waals surface area contributed by atoms with Crippen LogP contribution >= 0.6 is 0 Å². The van der Waals surface area contributed by atoms with Crippen LogP contribution in [-0.2, 0) is 9.53 Å². The van der Waals surface area contributed by atoms with Crippen LogP contribution in [0.3, 0.4) is 0 Å². The average molecular weight is 174 g/mol. The van der Waals surface area contributed by atoms with Crippen LogP contribution in [0.15, 0.2) is 0 Å². The molecule has 0 unspecified atom stereocenters. The Morgan fingerprint density at radius 1 is 1.25 bits per heavy atom. The molecule has 0 N–H and O–H groups in total. The van der Waals surface area contributed by atoms with E-state index < -0.39 is 0 Å². The second-order valence-electron chi connectivity index (χ2n) is 3.48. The minimum atomic E-state index is -0.153. The first kappa shape index (κ1) is 14.0. The molecule has 0 aliphatic rings. The first-order valence-corrected chi connectivity index (χ1v) is 4.53. The highest BCUT2D eigenvalue weighted by Gasteiger charge is 2.03. The molecule has 0 aromatic rings. The number of carbonyl (C=O) groups is 1. The van der Waals surface area contributed by atoms with Gasteiger partial charge in [0.25, 0.3) is 0 Å². The Bertz CT molecular complexity index is 106. The number of hydrogen-bond acceptors (Lipinski definition) is 2. The summed E-state index contributed by atoms with van der Waals surface area (Å²) in [5.41, 5.74) is 0. The molecule has 12 heavy (non-hydrogen) atoms. The molecule has 0 fully saturated rings. The molecule has 0 heterocycles. The van der Waals surface area contributed by atoms with Gasteiger partial charge < -0.3 is 4.74 Å². The summed E-state index contributed by atoms with van der Waals surface area (Å²) in [5, 5.41) is 0. The van der Waals surface area contributed by atoms with Crippen molar-refractivity contribution in [2.75, 3.05) is 7.11 Å². The second kappa shape index (κ2) is 8.57. The summed E-state index contributed by atoms with van der Waals surface area (Å²) in [7, 11) is 1.39. The van der Waals surface area contributed by atoms with Crippen LogP contribution in [0.2, 0.25) is 0 Å². The van der Waals surface area contributed by atoms with Gasteiger partial charge in [0, 0.05) is 0 Å². The lowest BCUT2D eigenvalue weighted by Crippen LogP contribution is -2.07. The van der Waals surface area contributed by atoms with Gasteiger partial charge in [-0.2, -0.15) is 0 Å². The molecular weight excluding hydrogens is 152 g/mol. The number of ether oxygens (including phenoxy) is 1. The molecule has 0 spiro atoms. The highest BCUT2D eigenvalue weighted by atomic mass is 16.5. The van der Waals surface area contributed by atoms with E-state index in [4.69, 9.17) is 0 Å². The lowest BCUT2D eigenvalue weighted by molar-refractivity contribution is -0.144. The monoisotopic (exact) mass is 174 g/mol. The molecule has 0 aromatic heterocycles. The van der Waals surface area contributed by atoms with Gasteiger partial charge in [-0.3, -0.25) is 4.79 Å². The largest absolute Gasteiger partial charge is 0.469 e. The van der Waals surface area contributed by atoms with E-state index in [1.165, 1.54) is 13.5 Å². The second-order valence-corrected chi connectivity index (χ2v) is 3.48. The zero-order valence-corrected chi connectivity index (χ0v) is 9.18. The topological polar surface area (TPSA) is 26.3 Å². The molecule has 0 aliphatic heterocycles. The highest BCUT2D eigenvalue weighted by Crippen LogP contribution is 1.94. The Kier molecular flexibility index (Phi) is 10.0. The van der Waals surface area contributed by atoms with Crippen molar-refractivity contribution in [3.63, 3.8) is 0 Å². The number of rotatable bonds is 2. The molecule has 0 saturated carbocycles. The van der Waals surface area contributed by atoms with Gasteiger partial charge >= 0.3 is 5.97 Å². The Hall–Kier alpha value is -0.530. The van der Waals surface area contributed by atoms with E-state index in [1.54, 1.807) is 13.8 Å². The Morgan fingerprint density at radius 2 is 1.58 bits per heavy atom. The molecule has 0 rings (SSSR count). The normalized spacial score (nSPS) is 9.33. The highest BCUT2D eigenvalue weighted by molar-refractivity contribution is 5.71. The third-order valence-corrected chi connectivity index (χ3v) is 1.49. The van der Waals surface area contributed by atoms with Gasteiger partial charge in [0.1, 0.15) is 0 Å². The van der Waals surface area contributed by atoms with E-state index in [2.05, 4.69) is 25.5 Å². The van der Waals surface area contributed by atoms with Crippen LogP contribution in [0.4, 0.5) is 0 Å². The fourth-order valence-corrected chi connectivity index (χ4v) is 0.236. The molecule has 0 atom stereocenters. The number of carbonyl (C=O) groups excluding carboxylic acids is 1. The van der Waals surface area contributed by atoms with Crippen molar-refractivity contribution < 1.29 is 9.53 Å². The Morgan fingerprint density at radius 3 is 1.58 bits per heavy atom. The summed E-state index contributed by atoms with van der Waals surface area (Å²) in [5.74, 6) is 0.736. The quantitative estimate of drug-likeness (QED) is 0.602. The van der Waals surface area contributed by atoms with Gasteiger partial charge in [-0.05, 0) is 5.92 Å². The molecule has 74 valence electrons. The standard InChI is InChI=1S/C5H10O2.C5H12/c1-4(2)5(6)7-3;1-4-5(2)3/h4H,1-3H3;5H,4H2,1-3H3. The van der Waals surface area contributed by atoms with Gasteiger partial charge in [-0.1, -0.05) is 41.0 Å². The first-order valence-electron chi connectivity index (χ1n) is 4.53. The van der Waals surface area contributed by atoms with Crippen molar-refractivity contribution in [3.8, 4) is 0 Å². The van der Waals surface area contributed by atoms with Gasteiger partial charge in [-0.15, -0.1) is 0 Å². The van der Waals surface area contributed by atoms with E-state index in [0.717, 1.165) is 5.92 Å². The van der Waals surface area contributed by atoms with Crippen LogP contribution in [0.25, 0.3) is 0 Å². The zero-order chi connectivity index (χ0) is 10.1. The third kappa shape index (κ3) is 12.2. The van der Waals surface area contributed by atoms with Crippen LogP contribution in [0, 0.1) is 11.8 Å². The molecule has 2 nitrogen and oxygen atoms in total. The van der Waals surface area contributed by atoms with E-state index >= 15 is 0 Å². The van der Waals surface area contributed by atoms with Gasteiger partial charge in [0.05, 0.1) is 13.0 Å². The number of methoxy groups -OCH3 is 1. The molecule has 2 heteroatoms. The van der Waals surface area contributed by atoms with Crippen molar-refractivity contribution in [2.24, 2.45) is 11.8 Å². The third-order valence-electron chi connectivity index (χ3n) is 1.49. The summed E-state index contributed by atoms with van der Waals surface area (Å²) < 4.78 is 4.37. The van der Waals surface area contributed by atoms with Crippen molar-refractivity contribution >= 4 is 5.97 Å². The number of hydrogen-bond donors (Lipinski definition) is 0. The summed E-state index contributed by atoms with van der Waals surface area (Å²) in [6, 6.07) is 0. The van der Waals surface area contributed by atoms with Crippen molar-refractivity contribution in [1.29, 1.82) is 0 Å². The molecule has 0 aliphatic carbocycles. The van der Waals surface area contributed by atoms with E-state index in [0.29, 0.717) is 0 Å². The fourth-order valence-electron chi connectivity index (χ4n) is 0.236. The van der Waals surface area contributed by atoms with Crippen LogP contribution in [-0.4, -0.2) is 13.1 Å². The Balaban J connectivity index is 0. The summed E-state index contributed by atoms with van der Waals surface area (Å²) >= 11 is 0. The molecule has 0 radical (unpaired) electrons. The zero-order valence-electron chi connectivity index (χ0n) is 9.18. The predicted molar refractivity (Wildman–Crippen MR) is 52.0 cm³/mol. The minimum Gasteiger partial charge on any atom is -0.469 e. The van der Waals surface area contributed by atoms with E-state index in [9.17, 15) is 4.79 Å². The molecule has 0 aromatic carbocycles. The van der Waals surface area contributed by atoms with Gasteiger partial charge in [0.2, 0.25) is 0 Å². The summed E-state index contributed by atoms with van der Waals surface area (Å²) in [6.07, 6.45) is 1.31. The van der Waals surface area contributed by atoms with Crippen molar-refractivity contribution in [2.45, 2.75) is 41.0 Å².